The molecule has 0 amide bonds. The van der Waals surface area contributed by atoms with E-state index in [1.54, 1.807) is 0 Å². The molecule has 0 saturated carbocycles. The average molecular weight is 745 g/mol. The molecule has 0 aliphatic carbocycles. The van der Waals surface area contributed by atoms with Gasteiger partial charge in [-0.25, -0.2) is 0 Å². The Bertz CT molecular complexity index is 3220. The van der Waals surface area contributed by atoms with Gasteiger partial charge in [0.1, 0.15) is 0 Å². The van der Waals surface area contributed by atoms with Crippen LogP contribution in [0.4, 0.5) is 11.4 Å². The predicted molar refractivity (Wildman–Crippen MR) is 246 cm³/mol. The minimum atomic E-state index is 0.0607. The van der Waals surface area contributed by atoms with Gasteiger partial charge in [0.15, 0.2) is 0 Å². The number of hydrogen-bond acceptors (Lipinski definition) is 3. The van der Waals surface area contributed by atoms with Crippen molar-refractivity contribution in [2.45, 2.75) is 52.4 Å². The first-order chi connectivity index (χ1) is 26.5. The van der Waals surface area contributed by atoms with E-state index in [1.165, 1.54) is 101 Å². The van der Waals surface area contributed by atoms with Crippen LogP contribution in [0, 0.1) is 0 Å². The quantitative estimate of drug-likeness (QED) is 0.178. The lowest BCUT2D eigenvalue weighted by molar-refractivity contribution is 0.590. The summed E-state index contributed by atoms with van der Waals surface area (Å²) in [5.41, 5.74) is 13.0. The van der Waals surface area contributed by atoms with Gasteiger partial charge >= 0.3 is 0 Å². The maximum atomic E-state index is 3.89. The molecule has 1 N–H and O–H groups in total. The molecule has 2 nitrogen and oxygen atoms in total. The van der Waals surface area contributed by atoms with Crippen LogP contribution >= 0.6 is 22.7 Å². The molecule has 55 heavy (non-hydrogen) atoms. The van der Waals surface area contributed by atoms with Crippen LogP contribution in [0.5, 0.6) is 0 Å². The molecule has 266 valence electrons. The summed E-state index contributed by atoms with van der Waals surface area (Å²) in [6, 6.07) is 48.3. The topological polar surface area (TPSA) is 17.0 Å². The van der Waals surface area contributed by atoms with Crippen LogP contribution in [0.15, 0.2) is 127 Å². The van der Waals surface area contributed by atoms with Crippen LogP contribution in [-0.2, 0) is 10.8 Å². The first-order valence-electron chi connectivity index (χ1n) is 19.4. The lowest BCUT2D eigenvalue weighted by atomic mass is 9.63. The molecule has 10 aromatic rings. The lowest BCUT2D eigenvalue weighted by Crippen LogP contribution is -2.35. The second-order valence-corrected chi connectivity index (χ2v) is 19.7. The monoisotopic (exact) mass is 744 g/mol. The molecule has 0 fully saturated rings. The second-order valence-electron chi connectivity index (χ2n) is 17.5. The molecular formula is C50H41BN2S2. The van der Waals surface area contributed by atoms with Crippen molar-refractivity contribution in [3.63, 3.8) is 0 Å². The number of hydrogen-bond donors (Lipinski definition) is 1. The van der Waals surface area contributed by atoms with Gasteiger partial charge in [-0.3, -0.25) is 0 Å². The van der Waals surface area contributed by atoms with E-state index in [0.29, 0.717) is 0 Å². The van der Waals surface area contributed by atoms with Crippen LogP contribution in [0.1, 0.15) is 52.7 Å². The number of nitrogens with zero attached hydrogens (tertiary/aromatic N) is 1. The highest BCUT2D eigenvalue weighted by atomic mass is 32.1. The molecule has 1 aliphatic rings. The molecule has 5 heteroatoms. The molecule has 4 heterocycles. The SMILES string of the molecule is CC(C)(C)c1ccc(Nc2cc3ccccc3cc2-c2ccc3c4cc5sc6ccccc6c5cc4n4c3c2Bc2sc3ccc(C(C)(C)C)cc3c2-4)cc1. The van der Waals surface area contributed by atoms with Gasteiger partial charge in [0, 0.05) is 63.5 Å². The average Bonchev–Trinajstić information content (AvgIpc) is 3.82. The first-order valence-corrected chi connectivity index (χ1v) is 21.0. The standard InChI is InChI=1S/C50H41BN2S2/c1-49(2,3)30-15-18-32(19-16-30)52-40-24-29-12-8-7-11-28(29)23-36(40)34-20-21-35-37-27-44-38(33-13-9-10-14-42(33)54-44)26-41(37)53-46(35)45(34)51-48-47(53)39-25-31(50(4,5)6)17-22-43(39)55-48/h7-27,51-52H,1-6H3. The first kappa shape index (κ1) is 33.0. The highest BCUT2D eigenvalue weighted by Gasteiger charge is 2.30. The normalized spacial score (nSPS) is 13.1. The Morgan fingerprint density at radius 3 is 2.02 bits per heavy atom. The molecule has 1 aliphatic heterocycles. The number of anilines is 2. The molecule has 0 bridgehead atoms. The zero-order chi connectivity index (χ0) is 37.4. The largest absolute Gasteiger partial charge is 0.355 e. The highest BCUT2D eigenvalue weighted by molar-refractivity contribution is 7.29. The van der Waals surface area contributed by atoms with Gasteiger partial charge in [-0.05, 0) is 103 Å². The maximum absolute atomic E-state index is 3.89. The van der Waals surface area contributed by atoms with Gasteiger partial charge in [-0.2, -0.15) is 0 Å². The van der Waals surface area contributed by atoms with E-state index in [2.05, 4.69) is 179 Å². The number of thiophene rings is 2. The molecule has 0 unspecified atom stereocenters. The summed E-state index contributed by atoms with van der Waals surface area (Å²) in [5.74, 6) is 0. The third-order valence-electron chi connectivity index (χ3n) is 11.9. The van der Waals surface area contributed by atoms with Crippen LogP contribution in [0.25, 0.3) is 79.7 Å². The van der Waals surface area contributed by atoms with Crippen LogP contribution in [0.2, 0.25) is 0 Å². The van der Waals surface area contributed by atoms with Gasteiger partial charge in [-0.1, -0.05) is 114 Å². The Balaban J connectivity index is 1.21. The molecule has 3 aromatic heterocycles. The van der Waals surface area contributed by atoms with E-state index in [1.807, 2.05) is 22.7 Å². The third-order valence-corrected chi connectivity index (χ3v) is 14.2. The van der Waals surface area contributed by atoms with Gasteiger partial charge in [0.2, 0.25) is 7.28 Å². The Morgan fingerprint density at radius 1 is 0.527 bits per heavy atom. The fourth-order valence-electron chi connectivity index (χ4n) is 8.96. The molecule has 0 atom stereocenters. The Labute approximate surface area is 330 Å². The van der Waals surface area contributed by atoms with Crippen LogP contribution < -0.4 is 15.6 Å². The van der Waals surface area contributed by atoms with Gasteiger partial charge in [-0.15, -0.1) is 22.7 Å². The number of fused-ring (bicyclic) bond motifs is 11. The molecule has 0 spiro atoms. The van der Waals surface area contributed by atoms with Crippen molar-refractivity contribution in [3.05, 3.63) is 139 Å². The third kappa shape index (κ3) is 5.06. The van der Waals surface area contributed by atoms with Crippen molar-refractivity contribution in [3.8, 4) is 16.8 Å². The van der Waals surface area contributed by atoms with E-state index in [-0.39, 0.29) is 10.8 Å². The molecule has 0 saturated heterocycles. The van der Waals surface area contributed by atoms with Crippen molar-refractivity contribution >= 4 is 114 Å². The zero-order valence-electron chi connectivity index (χ0n) is 32.1. The summed E-state index contributed by atoms with van der Waals surface area (Å²) in [6.07, 6.45) is 0. The van der Waals surface area contributed by atoms with E-state index in [4.69, 9.17) is 0 Å². The smallest absolute Gasteiger partial charge is 0.211 e. The number of rotatable bonds is 3. The van der Waals surface area contributed by atoms with Crippen molar-refractivity contribution in [1.29, 1.82) is 0 Å². The Morgan fingerprint density at radius 2 is 1.24 bits per heavy atom. The fraction of sp³-hybridized carbons (Fsp3) is 0.160. The maximum Gasteiger partial charge on any atom is 0.211 e. The minimum Gasteiger partial charge on any atom is -0.355 e. The van der Waals surface area contributed by atoms with E-state index in [9.17, 15) is 0 Å². The summed E-state index contributed by atoms with van der Waals surface area (Å²) < 4.78 is 8.14. The molecular weight excluding hydrogens is 704 g/mol. The van der Waals surface area contributed by atoms with E-state index >= 15 is 0 Å². The Kier molecular flexibility index (Phi) is 6.95. The predicted octanol–water partition coefficient (Wildman–Crippen LogP) is 13.2. The molecule has 11 rings (SSSR count). The minimum absolute atomic E-state index is 0.0607. The number of benzene rings is 7. The molecule has 0 radical (unpaired) electrons. The summed E-state index contributed by atoms with van der Waals surface area (Å²) in [7, 11) is 0.895. The number of nitrogens with one attached hydrogen (secondary N) is 1. The van der Waals surface area contributed by atoms with E-state index < -0.39 is 0 Å². The van der Waals surface area contributed by atoms with Gasteiger partial charge in [0.25, 0.3) is 0 Å². The van der Waals surface area contributed by atoms with Crippen molar-refractivity contribution in [1.82, 2.24) is 4.57 Å². The summed E-state index contributed by atoms with van der Waals surface area (Å²) in [5, 5.41) is 13.1. The van der Waals surface area contributed by atoms with Crippen molar-refractivity contribution in [2.75, 3.05) is 5.32 Å². The van der Waals surface area contributed by atoms with Crippen LogP contribution in [-0.4, -0.2) is 11.8 Å². The van der Waals surface area contributed by atoms with Crippen LogP contribution in [0.3, 0.4) is 0 Å². The van der Waals surface area contributed by atoms with E-state index in [0.717, 1.165) is 18.7 Å². The van der Waals surface area contributed by atoms with Gasteiger partial charge < -0.3 is 9.88 Å². The number of aromatic nitrogens is 1. The Hall–Kier alpha value is -5.36. The summed E-state index contributed by atoms with van der Waals surface area (Å²) in [6.45, 7) is 13.8. The zero-order valence-corrected chi connectivity index (χ0v) is 33.7. The summed E-state index contributed by atoms with van der Waals surface area (Å²) >= 11 is 3.88. The molecule has 7 aromatic carbocycles. The lowest BCUT2D eigenvalue weighted by Gasteiger charge is -2.23. The highest BCUT2D eigenvalue weighted by Crippen LogP contribution is 2.45. The van der Waals surface area contributed by atoms with Gasteiger partial charge in [0.05, 0.1) is 11.2 Å². The second kappa shape index (κ2) is 11.6. The summed E-state index contributed by atoms with van der Waals surface area (Å²) in [4.78, 5) is 0. The fourth-order valence-corrected chi connectivity index (χ4v) is 11.3. The van der Waals surface area contributed by atoms with Crippen molar-refractivity contribution in [2.24, 2.45) is 0 Å². The van der Waals surface area contributed by atoms with Crippen molar-refractivity contribution < 1.29 is 0 Å².